The lowest BCUT2D eigenvalue weighted by Crippen LogP contribution is -1.73. The van der Waals surface area contributed by atoms with E-state index in [1.807, 2.05) is 24.3 Å². The van der Waals surface area contributed by atoms with Gasteiger partial charge in [-0.15, -0.1) is 11.3 Å². The first-order chi connectivity index (χ1) is 7.25. The summed E-state index contributed by atoms with van der Waals surface area (Å²) in [4.78, 5) is 1.23. The zero-order valence-corrected chi connectivity index (χ0v) is 9.14. The van der Waals surface area contributed by atoms with Crippen molar-refractivity contribution in [1.82, 2.24) is 0 Å². The van der Waals surface area contributed by atoms with Gasteiger partial charge in [-0.1, -0.05) is 24.3 Å². The van der Waals surface area contributed by atoms with Gasteiger partial charge >= 0.3 is 0 Å². The van der Waals surface area contributed by atoms with Gasteiger partial charge in [-0.25, -0.2) is 0 Å². The molecule has 0 atom stereocenters. The third-order valence-corrected chi connectivity index (χ3v) is 3.70. The van der Waals surface area contributed by atoms with Crippen LogP contribution in [0.5, 0.6) is 5.75 Å². The van der Waals surface area contributed by atoms with Crippen molar-refractivity contribution in [2.75, 3.05) is 0 Å². The highest BCUT2D eigenvalue weighted by atomic mass is 32.1. The van der Waals surface area contributed by atoms with E-state index in [0.717, 1.165) is 15.5 Å². The fraction of sp³-hybridized carbons (Fsp3) is 0.0769. The average molecular weight is 214 g/mol. The predicted octanol–water partition coefficient (Wildman–Crippen LogP) is 4.07. The van der Waals surface area contributed by atoms with Crippen LogP contribution in [0.25, 0.3) is 20.9 Å². The number of phenols is 1. The van der Waals surface area contributed by atoms with Gasteiger partial charge in [-0.05, 0) is 29.8 Å². The van der Waals surface area contributed by atoms with Gasteiger partial charge in [0.1, 0.15) is 5.75 Å². The van der Waals surface area contributed by atoms with E-state index in [4.69, 9.17) is 0 Å². The van der Waals surface area contributed by atoms with E-state index < -0.39 is 0 Å². The van der Waals surface area contributed by atoms with Crippen molar-refractivity contribution in [2.45, 2.75) is 6.92 Å². The van der Waals surface area contributed by atoms with E-state index >= 15 is 0 Å². The van der Waals surface area contributed by atoms with Crippen LogP contribution < -0.4 is 0 Å². The molecule has 0 fully saturated rings. The van der Waals surface area contributed by atoms with Gasteiger partial charge in [0.25, 0.3) is 0 Å². The Bertz CT molecular complexity index is 652. The van der Waals surface area contributed by atoms with Crippen molar-refractivity contribution in [3.63, 3.8) is 0 Å². The first kappa shape index (κ1) is 8.74. The maximum absolute atomic E-state index is 9.89. The molecule has 1 aromatic heterocycles. The van der Waals surface area contributed by atoms with E-state index in [2.05, 4.69) is 19.1 Å². The molecule has 0 saturated carbocycles. The predicted molar refractivity (Wildman–Crippen MR) is 65.7 cm³/mol. The molecule has 0 bridgehead atoms. The highest BCUT2D eigenvalue weighted by Crippen LogP contribution is 2.37. The van der Waals surface area contributed by atoms with Crippen molar-refractivity contribution in [2.24, 2.45) is 0 Å². The van der Waals surface area contributed by atoms with Crippen LogP contribution in [0, 0.1) is 6.92 Å². The Morgan fingerprint density at radius 3 is 2.73 bits per heavy atom. The molecule has 2 heteroatoms. The van der Waals surface area contributed by atoms with Crippen LogP contribution in [0.1, 0.15) is 4.88 Å². The van der Waals surface area contributed by atoms with Crippen molar-refractivity contribution in [3.8, 4) is 5.75 Å². The summed E-state index contributed by atoms with van der Waals surface area (Å²) in [7, 11) is 0. The smallest absolute Gasteiger partial charge is 0.134 e. The van der Waals surface area contributed by atoms with Crippen LogP contribution in [0.4, 0.5) is 0 Å². The second-order valence-corrected chi connectivity index (χ2v) is 4.97. The molecule has 3 rings (SSSR count). The Morgan fingerprint density at radius 2 is 1.87 bits per heavy atom. The molecule has 0 aliphatic carbocycles. The van der Waals surface area contributed by atoms with Gasteiger partial charge < -0.3 is 5.11 Å². The highest BCUT2D eigenvalue weighted by molar-refractivity contribution is 7.19. The van der Waals surface area contributed by atoms with Crippen LogP contribution >= 0.6 is 11.3 Å². The Labute approximate surface area is 91.6 Å². The van der Waals surface area contributed by atoms with Crippen molar-refractivity contribution in [3.05, 3.63) is 41.3 Å². The number of phenolic OH excluding ortho intramolecular Hbond substituents is 1. The molecule has 15 heavy (non-hydrogen) atoms. The topological polar surface area (TPSA) is 20.2 Å². The number of hydrogen-bond donors (Lipinski definition) is 1. The van der Waals surface area contributed by atoms with Crippen LogP contribution in [0.3, 0.4) is 0 Å². The molecule has 0 spiro atoms. The van der Waals surface area contributed by atoms with Gasteiger partial charge in [0.15, 0.2) is 0 Å². The Hall–Kier alpha value is -1.54. The number of aryl methyl sites for hydroxylation is 1. The minimum atomic E-state index is 0.391. The summed E-state index contributed by atoms with van der Waals surface area (Å²) < 4.78 is 0.992. The van der Waals surface area contributed by atoms with Gasteiger partial charge in [0.05, 0.1) is 4.70 Å². The van der Waals surface area contributed by atoms with Gasteiger partial charge in [0.2, 0.25) is 0 Å². The minimum Gasteiger partial charge on any atom is -0.506 e. The molecule has 1 heterocycles. The normalized spacial score (nSPS) is 11.3. The van der Waals surface area contributed by atoms with Gasteiger partial charge in [0, 0.05) is 10.3 Å². The lowest BCUT2D eigenvalue weighted by atomic mass is 10.1. The molecular weight excluding hydrogens is 204 g/mol. The lowest BCUT2D eigenvalue weighted by molar-refractivity contribution is 0.483. The van der Waals surface area contributed by atoms with E-state index in [1.165, 1.54) is 10.3 Å². The third-order valence-electron chi connectivity index (χ3n) is 2.63. The number of aromatic hydroxyl groups is 1. The maximum atomic E-state index is 9.89. The number of thiophene rings is 1. The molecule has 74 valence electrons. The number of hydrogen-bond acceptors (Lipinski definition) is 2. The van der Waals surface area contributed by atoms with E-state index in [1.54, 1.807) is 11.3 Å². The molecule has 0 aliphatic heterocycles. The molecule has 0 radical (unpaired) electrons. The summed E-state index contributed by atoms with van der Waals surface area (Å²) in [6, 6.07) is 12.1. The Balaban J connectivity index is 2.63. The van der Waals surface area contributed by atoms with Crippen LogP contribution in [-0.4, -0.2) is 5.11 Å². The van der Waals surface area contributed by atoms with E-state index in [9.17, 15) is 5.11 Å². The van der Waals surface area contributed by atoms with Crippen LogP contribution in [-0.2, 0) is 0 Å². The first-order valence-electron chi connectivity index (χ1n) is 4.86. The average Bonchev–Trinajstić information content (AvgIpc) is 2.61. The second-order valence-electron chi connectivity index (χ2n) is 3.72. The first-order valence-corrected chi connectivity index (χ1v) is 5.68. The maximum Gasteiger partial charge on any atom is 0.134 e. The summed E-state index contributed by atoms with van der Waals surface area (Å²) in [6.45, 7) is 2.07. The van der Waals surface area contributed by atoms with Crippen molar-refractivity contribution < 1.29 is 5.11 Å². The fourth-order valence-corrected chi connectivity index (χ4v) is 2.93. The SMILES string of the molecule is Cc1cc2c(s1)c(O)cc1ccccc12. The summed E-state index contributed by atoms with van der Waals surface area (Å²) >= 11 is 1.64. The Morgan fingerprint density at radius 1 is 1.07 bits per heavy atom. The molecular formula is C13H10OS. The summed E-state index contributed by atoms with van der Waals surface area (Å²) in [5.74, 6) is 0.391. The third kappa shape index (κ3) is 1.22. The van der Waals surface area contributed by atoms with Crippen molar-refractivity contribution >= 4 is 32.2 Å². The van der Waals surface area contributed by atoms with Crippen LogP contribution in [0.2, 0.25) is 0 Å². The summed E-state index contributed by atoms with van der Waals surface area (Å²) in [6.07, 6.45) is 0. The molecule has 0 unspecified atom stereocenters. The lowest BCUT2D eigenvalue weighted by Gasteiger charge is -2.01. The highest BCUT2D eigenvalue weighted by Gasteiger charge is 2.07. The fourth-order valence-electron chi connectivity index (χ4n) is 1.99. The zero-order chi connectivity index (χ0) is 10.4. The monoisotopic (exact) mass is 214 g/mol. The van der Waals surface area contributed by atoms with E-state index in [0.29, 0.717) is 5.75 Å². The molecule has 2 aromatic carbocycles. The number of fused-ring (bicyclic) bond motifs is 3. The molecule has 0 saturated heterocycles. The van der Waals surface area contributed by atoms with Gasteiger partial charge in [-0.3, -0.25) is 0 Å². The molecule has 3 aromatic rings. The van der Waals surface area contributed by atoms with Crippen LogP contribution in [0.15, 0.2) is 36.4 Å². The van der Waals surface area contributed by atoms with Crippen molar-refractivity contribution in [1.29, 1.82) is 0 Å². The standard InChI is InChI=1S/C13H10OS/c1-8-6-11-10-5-3-2-4-9(10)7-12(14)13(11)15-8/h2-7,14H,1H3. The minimum absolute atomic E-state index is 0.391. The molecule has 0 amide bonds. The molecule has 1 nitrogen and oxygen atoms in total. The summed E-state index contributed by atoms with van der Waals surface area (Å²) in [5.41, 5.74) is 0. The zero-order valence-electron chi connectivity index (χ0n) is 8.32. The molecule has 1 N–H and O–H groups in total. The van der Waals surface area contributed by atoms with Gasteiger partial charge in [-0.2, -0.15) is 0 Å². The summed E-state index contributed by atoms with van der Waals surface area (Å²) in [5, 5.41) is 13.4. The Kier molecular flexibility index (Phi) is 1.73. The molecule has 0 aliphatic rings. The quantitative estimate of drug-likeness (QED) is 0.598. The number of rotatable bonds is 0. The number of benzene rings is 2. The second kappa shape index (κ2) is 2.97. The van der Waals surface area contributed by atoms with E-state index in [-0.39, 0.29) is 0 Å². The largest absolute Gasteiger partial charge is 0.506 e.